The number of aryl methyl sites for hydroxylation is 1. The van der Waals surface area contributed by atoms with E-state index in [1.165, 1.54) is 4.88 Å². The van der Waals surface area contributed by atoms with Crippen LogP contribution in [0.1, 0.15) is 16.5 Å². The summed E-state index contributed by atoms with van der Waals surface area (Å²) in [5.74, 6) is 0.108. The largest absolute Gasteiger partial charge is 0.379 e. The second kappa shape index (κ2) is 8.91. The summed E-state index contributed by atoms with van der Waals surface area (Å²) in [5.41, 5.74) is 1.04. The molecule has 1 fully saturated rings. The van der Waals surface area contributed by atoms with Crippen LogP contribution >= 0.6 is 11.3 Å². The molecule has 0 spiro atoms. The number of thiophene rings is 1. The van der Waals surface area contributed by atoms with Gasteiger partial charge < -0.3 is 4.74 Å². The van der Waals surface area contributed by atoms with E-state index in [0.717, 1.165) is 18.7 Å². The van der Waals surface area contributed by atoms with E-state index in [1.807, 2.05) is 41.8 Å². The highest BCUT2D eigenvalue weighted by Gasteiger charge is 2.25. The van der Waals surface area contributed by atoms with Crippen LogP contribution in [0.25, 0.3) is 0 Å². The fourth-order valence-electron chi connectivity index (χ4n) is 2.95. The van der Waals surface area contributed by atoms with E-state index in [1.54, 1.807) is 11.3 Å². The summed E-state index contributed by atoms with van der Waals surface area (Å²) in [7, 11) is -3.31. The summed E-state index contributed by atoms with van der Waals surface area (Å²) in [6, 6.07) is 13.9. The Labute approximate surface area is 153 Å². The molecule has 1 aliphatic rings. The van der Waals surface area contributed by atoms with Crippen molar-refractivity contribution in [3.05, 3.63) is 58.3 Å². The molecule has 0 aliphatic carbocycles. The summed E-state index contributed by atoms with van der Waals surface area (Å²) in [5, 5.41) is 2.03. The van der Waals surface area contributed by atoms with Crippen LogP contribution in [0.2, 0.25) is 0 Å². The standard InChI is InChI=1S/C18H24N2O3S2/c21-25(22,14-8-16-5-2-1-3-6-16)19-15-17(18-7-4-13-24-18)20-9-11-23-12-10-20/h1-7,13,17,19H,8-12,14-15H2/t17-/m0/s1. The van der Waals surface area contributed by atoms with Crippen molar-refractivity contribution < 1.29 is 13.2 Å². The van der Waals surface area contributed by atoms with Crippen LogP contribution in [0, 0.1) is 0 Å². The fourth-order valence-corrected chi connectivity index (χ4v) is 4.88. The van der Waals surface area contributed by atoms with Gasteiger partial charge in [0.25, 0.3) is 0 Å². The SMILES string of the molecule is O=S(=O)(CCc1ccccc1)NC[C@@H](c1cccs1)N1CCOCC1. The van der Waals surface area contributed by atoms with E-state index >= 15 is 0 Å². The van der Waals surface area contributed by atoms with E-state index in [2.05, 4.69) is 15.7 Å². The molecule has 1 N–H and O–H groups in total. The smallest absolute Gasteiger partial charge is 0.211 e. The molecule has 2 aromatic rings. The van der Waals surface area contributed by atoms with Crippen LogP contribution in [-0.2, 0) is 21.2 Å². The van der Waals surface area contributed by atoms with Crippen LogP contribution in [0.3, 0.4) is 0 Å². The topological polar surface area (TPSA) is 58.6 Å². The average molecular weight is 381 g/mol. The molecule has 0 bridgehead atoms. The summed E-state index contributed by atoms with van der Waals surface area (Å²) in [4.78, 5) is 3.49. The minimum Gasteiger partial charge on any atom is -0.379 e. The third-order valence-corrected chi connectivity index (χ3v) is 6.68. The molecule has 1 aliphatic heterocycles. The summed E-state index contributed by atoms with van der Waals surface area (Å²) in [6.07, 6.45) is 0.525. The second-order valence-corrected chi connectivity index (χ2v) is 8.99. The third-order valence-electron chi connectivity index (χ3n) is 4.36. The first-order valence-corrected chi connectivity index (χ1v) is 11.0. The molecule has 0 amide bonds. The van der Waals surface area contributed by atoms with Gasteiger partial charge in [-0.05, 0) is 23.4 Å². The Hall–Kier alpha value is -1.25. The highest BCUT2D eigenvalue weighted by Crippen LogP contribution is 2.25. The van der Waals surface area contributed by atoms with Crippen LogP contribution in [0.15, 0.2) is 47.8 Å². The molecule has 0 saturated carbocycles. The van der Waals surface area contributed by atoms with Crippen molar-refractivity contribution >= 4 is 21.4 Å². The lowest BCUT2D eigenvalue weighted by Gasteiger charge is -2.34. The van der Waals surface area contributed by atoms with Crippen molar-refractivity contribution in [2.75, 3.05) is 38.6 Å². The number of morpholine rings is 1. The molecule has 25 heavy (non-hydrogen) atoms. The maximum atomic E-state index is 12.4. The number of rotatable bonds is 8. The number of sulfonamides is 1. The first-order valence-electron chi connectivity index (χ1n) is 8.50. The summed E-state index contributed by atoms with van der Waals surface area (Å²) < 4.78 is 33.1. The predicted octanol–water partition coefficient (Wildman–Crippen LogP) is 2.28. The molecule has 3 rings (SSSR count). The van der Waals surface area contributed by atoms with Crippen molar-refractivity contribution in [2.45, 2.75) is 12.5 Å². The van der Waals surface area contributed by atoms with E-state index < -0.39 is 10.0 Å². The van der Waals surface area contributed by atoms with Gasteiger partial charge in [0.2, 0.25) is 10.0 Å². The van der Waals surface area contributed by atoms with E-state index in [4.69, 9.17) is 4.74 Å². The van der Waals surface area contributed by atoms with Crippen molar-refractivity contribution in [1.82, 2.24) is 9.62 Å². The maximum Gasteiger partial charge on any atom is 0.211 e. The zero-order valence-electron chi connectivity index (χ0n) is 14.1. The van der Waals surface area contributed by atoms with Crippen molar-refractivity contribution in [2.24, 2.45) is 0 Å². The Bertz CT molecular complexity index is 727. The molecule has 1 saturated heterocycles. The number of hydrogen-bond acceptors (Lipinski definition) is 5. The minimum absolute atomic E-state index is 0.0652. The van der Waals surface area contributed by atoms with Crippen molar-refractivity contribution in [1.29, 1.82) is 0 Å². The van der Waals surface area contributed by atoms with Gasteiger partial charge in [0.1, 0.15) is 0 Å². The predicted molar refractivity (Wildman–Crippen MR) is 101 cm³/mol. The Morgan fingerprint density at radius 2 is 1.88 bits per heavy atom. The quantitative estimate of drug-likeness (QED) is 0.763. The van der Waals surface area contributed by atoms with Crippen molar-refractivity contribution in [3.8, 4) is 0 Å². The maximum absolute atomic E-state index is 12.4. The van der Waals surface area contributed by atoms with Crippen LogP contribution in [-0.4, -0.2) is 51.9 Å². The van der Waals surface area contributed by atoms with E-state index in [0.29, 0.717) is 26.2 Å². The molecule has 1 atom stereocenters. The first kappa shape index (κ1) is 18.5. The van der Waals surface area contributed by atoms with Gasteiger partial charge in [-0.25, -0.2) is 13.1 Å². The first-order chi connectivity index (χ1) is 12.1. The van der Waals surface area contributed by atoms with Gasteiger partial charge in [0.15, 0.2) is 0 Å². The summed E-state index contributed by atoms with van der Waals surface area (Å²) in [6.45, 7) is 3.45. The summed E-state index contributed by atoms with van der Waals surface area (Å²) >= 11 is 1.67. The Morgan fingerprint density at radius 3 is 2.56 bits per heavy atom. The number of benzene rings is 1. The number of ether oxygens (including phenoxy) is 1. The van der Waals surface area contributed by atoms with Crippen LogP contribution in [0.4, 0.5) is 0 Å². The monoisotopic (exact) mass is 380 g/mol. The van der Waals surface area contributed by atoms with Gasteiger partial charge in [-0.1, -0.05) is 36.4 Å². The number of hydrogen-bond donors (Lipinski definition) is 1. The molecule has 2 heterocycles. The Balaban J connectivity index is 1.59. The molecule has 0 radical (unpaired) electrons. The zero-order valence-corrected chi connectivity index (χ0v) is 15.8. The van der Waals surface area contributed by atoms with Crippen LogP contribution in [0.5, 0.6) is 0 Å². The zero-order chi connectivity index (χ0) is 17.5. The van der Waals surface area contributed by atoms with Crippen LogP contribution < -0.4 is 4.72 Å². The molecule has 7 heteroatoms. The molecule has 1 aromatic heterocycles. The Kier molecular flexibility index (Phi) is 6.61. The normalized spacial score (nSPS) is 17.4. The highest BCUT2D eigenvalue weighted by atomic mass is 32.2. The minimum atomic E-state index is -3.31. The van der Waals surface area contributed by atoms with E-state index in [9.17, 15) is 8.42 Å². The van der Waals surface area contributed by atoms with Gasteiger partial charge >= 0.3 is 0 Å². The Morgan fingerprint density at radius 1 is 1.12 bits per heavy atom. The van der Waals surface area contributed by atoms with Gasteiger partial charge in [-0.15, -0.1) is 11.3 Å². The molecule has 0 unspecified atom stereocenters. The number of nitrogens with zero attached hydrogens (tertiary/aromatic N) is 1. The lowest BCUT2D eigenvalue weighted by Crippen LogP contribution is -2.44. The van der Waals surface area contributed by atoms with Gasteiger partial charge in [0, 0.05) is 24.5 Å². The lowest BCUT2D eigenvalue weighted by molar-refractivity contribution is 0.0179. The lowest BCUT2D eigenvalue weighted by atomic mass is 10.2. The van der Waals surface area contributed by atoms with E-state index in [-0.39, 0.29) is 11.8 Å². The van der Waals surface area contributed by atoms with Gasteiger partial charge in [-0.3, -0.25) is 4.90 Å². The average Bonchev–Trinajstić information content (AvgIpc) is 3.16. The molecule has 1 aromatic carbocycles. The fraction of sp³-hybridized carbons (Fsp3) is 0.444. The number of nitrogens with one attached hydrogen (secondary N) is 1. The van der Waals surface area contributed by atoms with Gasteiger partial charge in [-0.2, -0.15) is 0 Å². The second-order valence-electron chi connectivity index (χ2n) is 6.08. The molecule has 136 valence electrons. The highest BCUT2D eigenvalue weighted by molar-refractivity contribution is 7.89. The molecular weight excluding hydrogens is 356 g/mol. The van der Waals surface area contributed by atoms with Crippen molar-refractivity contribution in [3.63, 3.8) is 0 Å². The third kappa shape index (κ3) is 5.62. The molecular formula is C18H24N2O3S2. The molecule has 5 nitrogen and oxygen atoms in total. The van der Waals surface area contributed by atoms with Gasteiger partial charge in [0.05, 0.1) is 25.0 Å².